The van der Waals surface area contributed by atoms with E-state index in [2.05, 4.69) is 15.6 Å². The molecule has 0 fully saturated rings. The molecule has 0 heterocycles. The fourth-order valence-corrected chi connectivity index (χ4v) is 3.99. The maximum atomic E-state index is 12.6. The van der Waals surface area contributed by atoms with E-state index in [-0.39, 0.29) is 17.2 Å². The van der Waals surface area contributed by atoms with Gasteiger partial charge in [0, 0.05) is 5.02 Å². The highest BCUT2D eigenvalue weighted by Crippen LogP contribution is 2.17. The zero-order valence-electron chi connectivity index (χ0n) is 16.8. The molecule has 0 bridgehead atoms. The van der Waals surface area contributed by atoms with Crippen molar-refractivity contribution in [2.24, 2.45) is 5.92 Å². The molecule has 0 saturated carbocycles. The molecule has 2 rings (SSSR count). The number of amides is 2. The van der Waals surface area contributed by atoms with Crippen LogP contribution in [0.1, 0.15) is 19.4 Å². The summed E-state index contributed by atoms with van der Waals surface area (Å²) in [5.74, 6) is -0.987. The van der Waals surface area contributed by atoms with Gasteiger partial charge in [0.1, 0.15) is 11.8 Å². The van der Waals surface area contributed by atoms with Crippen LogP contribution >= 0.6 is 11.6 Å². The largest absolute Gasteiger partial charge is 0.497 e. The fraction of sp³-hybridized carbons (Fsp3) is 0.300. The minimum absolute atomic E-state index is 0.00600. The zero-order valence-corrected chi connectivity index (χ0v) is 18.4. The lowest BCUT2D eigenvalue weighted by Gasteiger charge is -2.22. The van der Waals surface area contributed by atoms with Crippen molar-refractivity contribution in [3.63, 3.8) is 0 Å². The molecule has 30 heavy (non-hydrogen) atoms. The van der Waals surface area contributed by atoms with Gasteiger partial charge in [0.25, 0.3) is 5.91 Å². The number of carbonyl (C=O) groups excluding carboxylic acids is 2. The molecule has 2 aromatic rings. The van der Waals surface area contributed by atoms with Crippen LogP contribution in [-0.2, 0) is 26.0 Å². The number of hydrazine groups is 1. The molecule has 2 amide bonds. The number of ether oxygens (including phenoxy) is 1. The predicted octanol–water partition coefficient (Wildman–Crippen LogP) is 2.04. The van der Waals surface area contributed by atoms with Crippen molar-refractivity contribution in [1.29, 1.82) is 0 Å². The number of halogens is 1. The molecule has 0 aliphatic carbocycles. The van der Waals surface area contributed by atoms with Gasteiger partial charge < -0.3 is 4.74 Å². The highest BCUT2D eigenvalue weighted by Gasteiger charge is 2.28. The van der Waals surface area contributed by atoms with Crippen LogP contribution in [0.15, 0.2) is 53.4 Å². The average molecular weight is 454 g/mol. The molecule has 2 aromatic carbocycles. The summed E-state index contributed by atoms with van der Waals surface area (Å²) in [7, 11) is -2.48. The minimum Gasteiger partial charge on any atom is -0.497 e. The molecule has 0 aliphatic rings. The van der Waals surface area contributed by atoms with Crippen molar-refractivity contribution >= 4 is 33.4 Å². The van der Waals surface area contributed by atoms with Crippen LogP contribution in [0, 0.1) is 5.92 Å². The molecule has 0 radical (unpaired) electrons. The third kappa shape index (κ3) is 6.72. The molecule has 10 heteroatoms. The maximum absolute atomic E-state index is 12.6. The Bertz CT molecular complexity index is 977. The molecule has 0 spiro atoms. The van der Waals surface area contributed by atoms with Gasteiger partial charge in [-0.15, -0.1) is 0 Å². The fourth-order valence-electron chi connectivity index (χ4n) is 2.52. The quantitative estimate of drug-likeness (QED) is 0.529. The van der Waals surface area contributed by atoms with Gasteiger partial charge in [0.15, 0.2) is 0 Å². The van der Waals surface area contributed by atoms with Gasteiger partial charge in [0.2, 0.25) is 15.9 Å². The summed E-state index contributed by atoms with van der Waals surface area (Å²) in [6.07, 6.45) is 0.0291. The van der Waals surface area contributed by atoms with Gasteiger partial charge in [-0.3, -0.25) is 20.4 Å². The van der Waals surface area contributed by atoms with Crippen LogP contribution in [0.5, 0.6) is 5.75 Å². The zero-order chi connectivity index (χ0) is 22.3. The number of rotatable bonds is 8. The number of sulfonamides is 1. The standard InChI is InChI=1S/C20H24ClN3O5S/c1-13(2)19(24-30(27,28)17-10-8-16(29-3)9-11-17)20(26)23-22-18(25)12-14-4-6-15(21)7-5-14/h4-11,13,19,24H,12H2,1-3H3,(H,22,25)(H,23,26)/t19-/m0/s1. The Morgan fingerprint density at radius 3 is 2.13 bits per heavy atom. The smallest absolute Gasteiger partial charge is 0.256 e. The molecule has 8 nitrogen and oxygen atoms in total. The first-order valence-electron chi connectivity index (χ1n) is 9.12. The summed E-state index contributed by atoms with van der Waals surface area (Å²) in [5.41, 5.74) is 5.29. The highest BCUT2D eigenvalue weighted by atomic mass is 35.5. The van der Waals surface area contributed by atoms with E-state index in [1.54, 1.807) is 38.1 Å². The van der Waals surface area contributed by atoms with Gasteiger partial charge in [-0.1, -0.05) is 37.6 Å². The van der Waals surface area contributed by atoms with Crippen LogP contribution in [0.3, 0.4) is 0 Å². The van der Waals surface area contributed by atoms with E-state index < -0.39 is 27.9 Å². The van der Waals surface area contributed by atoms with E-state index in [9.17, 15) is 18.0 Å². The van der Waals surface area contributed by atoms with E-state index in [4.69, 9.17) is 16.3 Å². The third-order valence-electron chi connectivity index (χ3n) is 4.20. The summed E-state index contributed by atoms with van der Waals surface area (Å²) in [4.78, 5) is 24.6. The van der Waals surface area contributed by atoms with Gasteiger partial charge in [-0.25, -0.2) is 8.42 Å². The number of carbonyl (C=O) groups is 2. The van der Waals surface area contributed by atoms with Crippen molar-refractivity contribution in [3.05, 3.63) is 59.1 Å². The van der Waals surface area contributed by atoms with Crippen LogP contribution in [0.25, 0.3) is 0 Å². The second kappa shape index (κ2) is 10.4. The van der Waals surface area contributed by atoms with Crippen molar-refractivity contribution in [3.8, 4) is 5.75 Å². The molecule has 0 saturated heterocycles. The van der Waals surface area contributed by atoms with Crippen molar-refractivity contribution in [2.75, 3.05) is 7.11 Å². The third-order valence-corrected chi connectivity index (χ3v) is 5.91. The van der Waals surface area contributed by atoms with Crippen LogP contribution in [-0.4, -0.2) is 33.4 Å². The minimum atomic E-state index is -3.96. The normalized spacial score (nSPS) is 12.3. The molecule has 3 N–H and O–H groups in total. The van der Waals surface area contributed by atoms with E-state index in [1.165, 1.54) is 31.4 Å². The predicted molar refractivity (Wildman–Crippen MR) is 113 cm³/mol. The Kier molecular flexibility index (Phi) is 8.22. The SMILES string of the molecule is COc1ccc(S(=O)(=O)N[C@H](C(=O)NNC(=O)Cc2ccc(Cl)cc2)C(C)C)cc1. The molecule has 1 atom stereocenters. The van der Waals surface area contributed by atoms with Gasteiger partial charge in [-0.2, -0.15) is 4.72 Å². The summed E-state index contributed by atoms with van der Waals surface area (Å²) < 4.78 is 32.7. The lowest BCUT2D eigenvalue weighted by Crippen LogP contribution is -2.54. The molecule has 0 aromatic heterocycles. The van der Waals surface area contributed by atoms with E-state index in [1.807, 2.05) is 0 Å². The second-order valence-electron chi connectivity index (χ2n) is 6.86. The number of benzene rings is 2. The molecular weight excluding hydrogens is 430 g/mol. The van der Waals surface area contributed by atoms with E-state index in [0.29, 0.717) is 16.3 Å². The van der Waals surface area contributed by atoms with Gasteiger partial charge in [0.05, 0.1) is 18.4 Å². The highest BCUT2D eigenvalue weighted by molar-refractivity contribution is 7.89. The summed E-state index contributed by atoms with van der Waals surface area (Å²) >= 11 is 5.81. The Morgan fingerprint density at radius 2 is 1.60 bits per heavy atom. The van der Waals surface area contributed by atoms with Gasteiger partial charge >= 0.3 is 0 Å². The van der Waals surface area contributed by atoms with Crippen LogP contribution in [0.4, 0.5) is 0 Å². The second-order valence-corrected chi connectivity index (χ2v) is 9.01. The lowest BCUT2D eigenvalue weighted by molar-refractivity contribution is -0.130. The summed E-state index contributed by atoms with van der Waals surface area (Å²) in [6.45, 7) is 3.38. The van der Waals surface area contributed by atoms with E-state index >= 15 is 0 Å². The number of hydrogen-bond donors (Lipinski definition) is 3. The first-order chi connectivity index (χ1) is 14.1. The van der Waals surface area contributed by atoms with Gasteiger partial charge in [-0.05, 0) is 47.9 Å². The Hall–Kier alpha value is -2.62. The topological polar surface area (TPSA) is 114 Å². The van der Waals surface area contributed by atoms with Crippen molar-refractivity contribution < 1.29 is 22.7 Å². The Labute approximate surface area is 181 Å². The monoisotopic (exact) mass is 453 g/mol. The Morgan fingerprint density at radius 1 is 1.00 bits per heavy atom. The summed E-state index contributed by atoms with van der Waals surface area (Å²) in [5, 5.41) is 0.552. The molecule has 0 unspecified atom stereocenters. The lowest BCUT2D eigenvalue weighted by atomic mass is 10.1. The molecular formula is C20H24ClN3O5S. The van der Waals surface area contributed by atoms with E-state index in [0.717, 1.165) is 0 Å². The van der Waals surface area contributed by atoms with Crippen LogP contribution in [0.2, 0.25) is 5.02 Å². The van der Waals surface area contributed by atoms with Crippen molar-refractivity contribution in [1.82, 2.24) is 15.6 Å². The molecule has 0 aliphatic heterocycles. The number of nitrogens with one attached hydrogen (secondary N) is 3. The Balaban J connectivity index is 1.99. The maximum Gasteiger partial charge on any atom is 0.256 e. The number of hydrogen-bond acceptors (Lipinski definition) is 5. The number of methoxy groups -OCH3 is 1. The van der Waals surface area contributed by atoms with Crippen molar-refractivity contribution in [2.45, 2.75) is 31.2 Å². The average Bonchev–Trinajstić information content (AvgIpc) is 2.72. The first-order valence-corrected chi connectivity index (χ1v) is 11.0. The molecule has 162 valence electrons. The first kappa shape index (κ1) is 23.7. The summed E-state index contributed by atoms with van der Waals surface area (Å²) in [6, 6.07) is 11.4. The van der Waals surface area contributed by atoms with Crippen LogP contribution < -0.4 is 20.3 Å².